The minimum Gasteiger partial charge on any atom is -0.327 e. The van der Waals surface area contributed by atoms with E-state index in [2.05, 4.69) is 12.2 Å². The Balaban J connectivity index is 2.24. The Kier molecular flexibility index (Phi) is 2.49. The van der Waals surface area contributed by atoms with E-state index in [4.69, 9.17) is 5.73 Å². The third-order valence-electron chi connectivity index (χ3n) is 2.18. The van der Waals surface area contributed by atoms with Crippen LogP contribution in [-0.4, -0.2) is 19.1 Å². The lowest BCUT2D eigenvalue weighted by atomic mass is 9.98. The lowest BCUT2D eigenvalue weighted by Gasteiger charge is -2.14. The third kappa shape index (κ3) is 1.66. The van der Waals surface area contributed by atoms with Crippen LogP contribution < -0.4 is 11.1 Å². The maximum atomic E-state index is 5.84. The summed E-state index contributed by atoms with van der Waals surface area (Å²) in [6.45, 7) is 4.45. The molecule has 0 radical (unpaired) electrons. The third-order valence-corrected chi connectivity index (χ3v) is 2.18. The molecule has 2 atom stereocenters. The topological polar surface area (TPSA) is 38.0 Å². The molecule has 1 saturated heterocycles. The molecule has 1 fully saturated rings. The van der Waals surface area contributed by atoms with Crippen molar-refractivity contribution in [1.82, 2.24) is 5.32 Å². The first kappa shape index (κ1) is 7.03. The van der Waals surface area contributed by atoms with Crippen LogP contribution in [-0.2, 0) is 0 Å². The van der Waals surface area contributed by atoms with Gasteiger partial charge in [0.15, 0.2) is 0 Å². The second-order valence-corrected chi connectivity index (χ2v) is 2.82. The molecule has 2 unspecified atom stereocenters. The molecule has 0 aliphatic carbocycles. The van der Waals surface area contributed by atoms with Gasteiger partial charge in [-0.15, -0.1) is 0 Å². The molecule has 0 aromatic heterocycles. The predicted molar refractivity (Wildman–Crippen MR) is 39.2 cm³/mol. The highest BCUT2D eigenvalue weighted by Gasteiger charge is 2.19. The van der Waals surface area contributed by atoms with Crippen LogP contribution in [0.15, 0.2) is 0 Å². The van der Waals surface area contributed by atoms with Gasteiger partial charge in [0.05, 0.1) is 0 Å². The number of hydrogen-bond acceptors (Lipinski definition) is 2. The number of nitrogens with two attached hydrogens (primary N) is 1. The zero-order chi connectivity index (χ0) is 6.69. The molecule has 1 heterocycles. The first-order valence-corrected chi connectivity index (χ1v) is 3.81. The van der Waals surface area contributed by atoms with Crippen molar-refractivity contribution in [1.29, 1.82) is 0 Å². The van der Waals surface area contributed by atoms with Gasteiger partial charge in [-0.1, -0.05) is 6.92 Å². The van der Waals surface area contributed by atoms with E-state index in [9.17, 15) is 0 Å². The monoisotopic (exact) mass is 128 g/mol. The molecule has 0 bridgehead atoms. The van der Waals surface area contributed by atoms with Gasteiger partial charge in [-0.25, -0.2) is 0 Å². The molecular formula is C7H16N2. The van der Waals surface area contributed by atoms with Crippen molar-refractivity contribution in [3.05, 3.63) is 0 Å². The zero-order valence-corrected chi connectivity index (χ0v) is 6.06. The second kappa shape index (κ2) is 3.18. The Morgan fingerprint density at radius 3 is 3.00 bits per heavy atom. The lowest BCUT2D eigenvalue weighted by molar-refractivity contribution is 0.444. The van der Waals surface area contributed by atoms with E-state index in [1.807, 2.05) is 0 Å². The minimum atomic E-state index is 0.431. The van der Waals surface area contributed by atoms with Crippen molar-refractivity contribution in [2.45, 2.75) is 25.8 Å². The van der Waals surface area contributed by atoms with Gasteiger partial charge in [0, 0.05) is 6.04 Å². The van der Waals surface area contributed by atoms with Crippen LogP contribution in [0, 0.1) is 5.92 Å². The molecule has 1 aliphatic rings. The van der Waals surface area contributed by atoms with Gasteiger partial charge in [-0.05, 0) is 31.8 Å². The first-order chi connectivity index (χ1) is 4.34. The molecule has 9 heavy (non-hydrogen) atoms. The fraction of sp³-hybridized carbons (Fsp3) is 1.00. The van der Waals surface area contributed by atoms with Crippen molar-refractivity contribution < 1.29 is 0 Å². The quantitative estimate of drug-likeness (QED) is 0.562. The normalized spacial score (nSPS) is 30.7. The van der Waals surface area contributed by atoms with Crippen molar-refractivity contribution >= 4 is 0 Å². The van der Waals surface area contributed by atoms with Gasteiger partial charge in [0.25, 0.3) is 0 Å². The molecule has 54 valence electrons. The van der Waals surface area contributed by atoms with Crippen LogP contribution >= 0.6 is 0 Å². The van der Waals surface area contributed by atoms with E-state index in [1.54, 1.807) is 0 Å². The van der Waals surface area contributed by atoms with E-state index in [0.29, 0.717) is 6.04 Å². The van der Waals surface area contributed by atoms with Gasteiger partial charge < -0.3 is 11.1 Å². The van der Waals surface area contributed by atoms with E-state index in [-0.39, 0.29) is 0 Å². The molecule has 1 rings (SSSR count). The maximum Gasteiger partial charge on any atom is 0.00771 e. The molecule has 0 amide bonds. The molecule has 1 aliphatic heterocycles. The van der Waals surface area contributed by atoms with E-state index in [1.165, 1.54) is 13.0 Å². The molecule has 0 spiro atoms. The van der Waals surface area contributed by atoms with E-state index >= 15 is 0 Å². The Morgan fingerprint density at radius 1 is 1.78 bits per heavy atom. The van der Waals surface area contributed by atoms with Crippen molar-refractivity contribution in [3.63, 3.8) is 0 Å². The Bertz CT molecular complexity index is 77.0. The molecule has 2 heteroatoms. The average molecular weight is 128 g/mol. The summed E-state index contributed by atoms with van der Waals surface area (Å²) < 4.78 is 0. The van der Waals surface area contributed by atoms with Gasteiger partial charge >= 0.3 is 0 Å². The highest BCUT2D eigenvalue weighted by molar-refractivity contribution is 4.79. The summed E-state index contributed by atoms with van der Waals surface area (Å²) in [7, 11) is 0. The first-order valence-electron chi connectivity index (χ1n) is 3.81. The van der Waals surface area contributed by atoms with E-state index in [0.717, 1.165) is 18.9 Å². The van der Waals surface area contributed by atoms with Gasteiger partial charge in [0.2, 0.25) is 0 Å². The number of hydrogen-bond donors (Lipinski definition) is 2. The number of nitrogens with one attached hydrogen (secondary N) is 1. The SMILES string of the molecule is CCC(N)C1CCNC1. The molecule has 0 saturated carbocycles. The summed E-state index contributed by atoms with van der Waals surface area (Å²) in [5, 5.41) is 3.31. The Labute approximate surface area is 56.8 Å². The average Bonchev–Trinajstić information content (AvgIpc) is 2.37. The summed E-state index contributed by atoms with van der Waals surface area (Å²) in [6, 6.07) is 0.431. The van der Waals surface area contributed by atoms with E-state index < -0.39 is 0 Å². The van der Waals surface area contributed by atoms with Gasteiger partial charge in [-0.2, -0.15) is 0 Å². The smallest absolute Gasteiger partial charge is 0.00771 e. The summed E-state index contributed by atoms with van der Waals surface area (Å²) >= 11 is 0. The largest absolute Gasteiger partial charge is 0.327 e. The molecule has 3 N–H and O–H groups in total. The van der Waals surface area contributed by atoms with Crippen LogP contribution in [0.4, 0.5) is 0 Å². The molecule has 0 aromatic carbocycles. The predicted octanol–water partition coefficient (Wildman–Crippen LogP) is 0.333. The summed E-state index contributed by atoms with van der Waals surface area (Å²) in [5.74, 6) is 0.745. The molecule has 0 aromatic rings. The summed E-state index contributed by atoms with van der Waals surface area (Å²) in [6.07, 6.45) is 2.39. The van der Waals surface area contributed by atoms with Crippen LogP contribution in [0.1, 0.15) is 19.8 Å². The zero-order valence-electron chi connectivity index (χ0n) is 6.06. The van der Waals surface area contributed by atoms with Crippen molar-refractivity contribution in [3.8, 4) is 0 Å². The maximum absolute atomic E-state index is 5.84. The van der Waals surface area contributed by atoms with Crippen LogP contribution in [0.2, 0.25) is 0 Å². The summed E-state index contributed by atoms with van der Waals surface area (Å²) in [5.41, 5.74) is 5.84. The Hall–Kier alpha value is -0.0800. The highest BCUT2D eigenvalue weighted by Crippen LogP contribution is 2.12. The second-order valence-electron chi connectivity index (χ2n) is 2.82. The minimum absolute atomic E-state index is 0.431. The highest BCUT2D eigenvalue weighted by atomic mass is 14.9. The van der Waals surface area contributed by atoms with Crippen LogP contribution in [0.3, 0.4) is 0 Å². The Morgan fingerprint density at radius 2 is 2.56 bits per heavy atom. The standard InChI is InChI=1S/C7H16N2/c1-2-7(8)6-3-4-9-5-6/h6-7,9H,2-5,8H2,1H3. The fourth-order valence-electron chi connectivity index (χ4n) is 1.38. The lowest BCUT2D eigenvalue weighted by Crippen LogP contribution is -2.30. The van der Waals surface area contributed by atoms with Gasteiger partial charge in [-0.3, -0.25) is 0 Å². The number of rotatable bonds is 2. The van der Waals surface area contributed by atoms with Gasteiger partial charge in [0.1, 0.15) is 0 Å². The van der Waals surface area contributed by atoms with Crippen LogP contribution in [0.25, 0.3) is 0 Å². The van der Waals surface area contributed by atoms with Crippen molar-refractivity contribution in [2.75, 3.05) is 13.1 Å². The van der Waals surface area contributed by atoms with Crippen molar-refractivity contribution in [2.24, 2.45) is 11.7 Å². The fourth-order valence-corrected chi connectivity index (χ4v) is 1.38. The molecular weight excluding hydrogens is 112 g/mol. The molecule has 2 nitrogen and oxygen atoms in total. The summed E-state index contributed by atoms with van der Waals surface area (Å²) in [4.78, 5) is 0. The van der Waals surface area contributed by atoms with Crippen LogP contribution in [0.5, 0.6) is 0 Å².